The number of hydrogen-bond donors (Lipinski definition) is 1. The standard InChI is InChI=1S/C26H24BrOP/c27-29(23-15-7-2-8-16-23,24-17-9-3-10-18-24,25-19-11-4-12-20-25)21-26(28)22-13-5-1-6-14-22/h1-20,26,28H,21H2. The van der Waals surface area contributed by atoms with Crippen LogP contribution < -0.4 is 15.9 Å². The Kier molecular flexibility index (Phi) is 5.69. The van der Waals surface area contributed by atoms with Crippen LogP contribution in [0, 0.1) is 0 Å². The summed E-state index contributed by atoms with van der Waals surface area (Å²) in [4.78, 5) is 0. The second-order valence-corrected chi connectivity index (χ2v) is 16.3. The summed E-state index contributed by atoms with van der Waals surface area (Å²) in [5.41, 5.74) is 0.934. The van der Waals surface area contributed by atoms with Crippen LogP contribution in [0.5, 0.6) is 0 Å². The summed E-state index contributed by atoms with van der Waals surface area (Å²) in [5.74, 6) is 0. The summed E-state index contributed by atoms with van der Waals surface area (Å²) in [7, 11) is 0. The molecule has 1 nitrogen and oxygen atoms in total. The summed E-state index contributed by atoms with van der Waals surface area (Å²) in [6, 6.07) is 41.7. The summed E-state index contributed by atoms with van der Waals surface area (Å²) in [6.07, 6.45) is -0.0259. The third-order valence-electron chi connectivity index (χ3n) is 5.58. The van der Waals surface area contributed by atoms with Gasteiger partial charge in [0.2, 0.25) is 0 Å². The molecule has 0 spiro atoms. The van der Waals surface area contributed by atoms with Gasteiger partial charge in [0, 0.05) is 0 Å². The second kappa shape index (κ2) is 8.24. The van der Waals surface area contributed by atoms with E-state index in [0.29, 0.717) is 6.16 Å². The van der Waals surface area contributed by atoms with Crippen molar-refractivity contribution in [2.75, 3.05) is 6.16 Å². The molecule has 0 aromatic heterocycles. The maximum absolute atomic E-state index is 11.4. The number of aliphatic hydroxyl groups excluding tert-OH is 1. The zero-order chi connectivity index (χ0) is 20.2. The molecule has 0 fully saturated rings. The minimum absolute atomic E-state index is 0.577. The summed E-state index contributed by atoms with van der Waals surface area (Å²) in [6.45, 7) is 0. The molecule has 1 atom stereocenters. The molecule has 0 saturated carbocycles. The van der Waals surface area contributed by atoms with Crippen molar-refractivity contribution in [2.45, 2.75) is 6.10 Å². The van der Waals surface area contributed by atoms with Crippen LogP contribution in [-0.2, 0) is 0 Å². The molecule has 29 heavy (non-hydrogen) atoms. The fourth-order valence-electron chi connectivity index (χ4n) is 4.09. The molecule has 3 heteroatoms. The first-order valence-corrected chi connectivity index (χ1v) is 14.2. The van der Waals surface area contributed by atoms with E-state index in [1.165, 1.54) is 15.9 Å². The van der Waals surface area contributed by atoms with E-state index in [9.17, 15) is 5.11 Å². The van der Waals surface area contributed by atoms with Crippen molar-refractivity contribution in [2.24, 2.45) is 0 Å². The molecule has 0 aliphatic heterocycles. The molecule has 0 aliphatic rings. The molecule has 0 saturated heterocycles. The monoisotopic (exact) mass is 462 g/mol. The summed E-state index contributed by atoms with van der Waals surface area (Å²) in [5, 5.41) is 11.9. The van der Waals surface area contributed by atoms with Crippen LogP contribution >= 0.6 is 20.8 Å². The quantitative estimate of drug-likeness (QED) is 0.372. The van der Waals surface area contributed by atoms with Crippen LogP contribution in [0.4, 0.5) is 0 Å². The first-order valence-electron chi connectivity index (χ1n) is 9.75. The average Bonchev–Trinajstić information content (AvgIpc) is 2.81. The Morgan fingerprint density at radius 2 is 0.862 bits per heavy atom. The van der Waals surface area contributed by atoms with E-state index in [1.54, 1.807) is 0 Å². The van der Waals surface area contributed by atoms with E-state index >= 15 is 0 Å². The molecule has 4 rings (SSSR count). The predicted octanol–water partition coefficient (Wildman–Crippen LogP) is 5.56. The van der Waals surface area contributed by atoms with Crippen LogP contribution in [0.25, 0.3) is 0 Å². The van der Waals surface area contributed by atoms with Gasteiger partial charge in [0.05, 0.1) is 0 Å². The van der Waals surface area contributed by atoms with Gasteiger partial charge >= 0.3 is 181 Å². The molecular formula is C26H24BrOP. The van der Waals surface area contributed by atoms with Gasteiger partial charge in [0.15, 0.2) is 0 Å². The molecule has 1 N–H and O–H groups in total. The Morgan fingerprint density at radius 3 is 1.21 bits per heavy atom. The Morgan fingerprint density at radius 1 is 0.552 bits per heavy atom. The van der Waals surface area contributed by atoms with Crippen molar-refractivity contribution in [1.82, 2.24) is 0 Å². The topological polar surface area (TPSA) is 20.2 Å². The molecule has 146 valence electrons. The van der Waals surface area contributed by atoms with E-state index in [1.807, 2.05) is 48.5 Å². The Hall–Kier alpha value is -2.25. The predicted molar refractivity (Wildman–Crippen MR) is 130 cm³/mol. The third kappa shape index (κ3) is 3.57. The van der Waals surface area contributed by atoms with E-state index in [0.717, 1.165) is 5.56 Å². The van der Waals surface area contributed by atoms with Crippen molar-refractivity contribution in [3.05, 3.63) is 127 Å². The van der Waals surface area contributed by atoms with Gasteiger partial charge in [-0.1, -0.05) is 0 Å². The van der Waals surface area contributed by atoms with Gasteiger partial charge in [-0.3, -0.25) is 0 Å². The van der Waals surface area contributed by atoms with Crippen LogP contribution in [0.15, 0.2) is 121 Å². The molecule has 0 radical (unpaired) electrons. The second-order valence-electron chi connectivity index (χ2n) is 7.30. The van der Waals surface area contributed by atoms with Gasteiger partial charge in [-0.15, -0.1) is 0 Å². The fourth-order valence-corrected chi connectivity index (χ4v) is 11.8. The zero-order valence-electron chi connectivity index (χ0n) is 16.1. The summed E-state index contributed by atoms with van der Waals surface area (Å²) < 4.78 is 0. The number of aliphatic hydroxyl groups is 1. The maximum atomic E-state index is 11.4. The van der Waals surface area contributed by atoms with E-state index in [-0.39, 0.29) is 0 Å². The van der Waals surface area contributed by atoms with Gasteiger partial charge in [0.25, 0.3) is 0 Å². The number of rotatable bonds is 6. The van der Waals surface area contributed by atoms with Crippen LogP contribution in [0.2, 0.25) is 0 Å². The van der Waals surface area contributed by atoms with Crippen LogP contribution in [-0.4, -0.2) is 11.3 Å². The van der Waals surface area contributed by atoms with E-state index in [2.05, 4.69) is 88.3 Å². The normalized spacial score (nSPS) is 13.9. The Balaban J connectivity index is 2.02. The fraction of sp³-hybridized carbons (Fsp3) is 0.0769. The van der Waals surface area contributed by atoms with Crippen molar-refractivity contribution in [3.8, 4) is 0 Å². The van der Waals surface area contributed by atoms with Gasteiger partial charge < -0.3 is 0 Å². The molecule has 0 heterocycles. The minimum atomic E-state index is -3.12. The zero-order valence-corrected chi connectivity index (χ0v) is 18.6. The van der Waals surface area contributed by atoms with Crippen molar-refractivity contribution >= 4 is 36.7 Å². The van der Waals surface area contributed by atoms with E-state index < -0.39 is 11.4 Å². The van der Waals surface area contributed by atoms with Crippen molar-refractivity contribution in [1.29, 1.82) is 0 Å². The SMILES string of the molecule is OC(CP(Br)(c1ccccc1)(c1ccccc1)c1ccccc1)c1ccccc1. The number of benzene rings is 4. The average molecular weight is 463 g/mol. The summed E-state index contributed by atoms with van der Waals surface area (Å²) >= 11 is 4.39. The van der Waals surface area contributed by atoms with Crippen LogP contribution in [0.1, 0.15) is 11.7 Å². The van der Waals surface area contributed by atoms with Gasteiger partial charge in [-0.2, -0.15) is 0 Å². The molecule has 4 aromatic carbocycles. The Labute approximate surface area is 180 Å². The first-order chi connectivity index (χ1) is 14.1. The molecule has 0 aliphatic carbocycles. The van der Waals surface area contributed by atoms with Gasteiger partial charge in [-0.05, 0) is 0 Å². The van der Waals surface area contributed by atoms with Gasteiger partial charge in [0.1, 0.15) is 0 Å². The molecular weight excluding hydrogens is 439 g/mol. The first kappa shape index (κ1) is 20.0. The number of halogens is 1. The Bertz CT molecular complexity index is 953. The third-order valence-corrected chi connectivity index (χ3v) is 15.3. The van der Waals surface area contributed by atoms with Crippen molar-refractivity contribution in [3.63, 3.8) is 0 Å². The van der Waals surface area contributed by atoms with Gasteiger partial charge in [-0.25, -0.2) is 0 Å². The molecule has 4 aromatic rings. The van der Waals surface area contributed by atoms with Crippen molar-refractivity contribution < 1.29 is 5.11 Å². The van der Waals surface area contributed by atoms with E-state index in [4.69, 9.17) is 0 Å². The molecule has 0 amide bonds. The van der Waals surface area contributed by atoms with Crippen LogP contribution in [0.3, 0.4) is 0 Å². The molecule has 0 bridgehead atoms. The molecule has 1 unspecified atom stereocenters. The number of hydrogen-bond acceptors (Lipinski definition) is 1.